The fourth-order valence-electron chi connectivity index (χ4n) is 2.38. The number of Topliss-reactive ketones (excluding diaryl/α,β-unsaturated/α-hetero) is 1. The summed E-state index contributed by atoms with van der Waals surface area (Å²) in [4.78, 5) is 37.0. The molecule has 2 rings (SSSR count). The van der Waals surface area contributed by atoms with Crippen LogP contribution in [0.5, 0.6) is 5.75 Å². The Bertz CT molecular complexity index is 566. The summed E-state index contributed by atoms with van der Waals surface area (Å²) in [6.07, 6.45) is 0. The number of nitrogens with zero attached hydrogens (tertiary/aromatic N) is 1. The zero-order valence-corrected chi connectivity index (χ0v) is 12.2. The fraction of sp³-hybridized carbons (Fsp3) is 0.400. The van der Waals surface area contributed by atoms with Gasteiger partial charge in [-0.15, -0.1) is 0 Å². The van der Waals surface area contributed by atoms with Gasteiger partial charge < -0.3 is 9.47 Å². The number of esters is 1. The van der Waals surface area contributed by atoms with Gasteiger partial charge in [0.1, 0.15) is 17.5 Å². The van der Waals surface area contributed by atoms with Crippen LogP contribution in [-0.4, -0.2) is 37.4 Å². The number of hydrogen-bond acceptors (Lipinski definition) is 5. The number of ketones is 1. The first-order chi connectivity index (χ1) is 10.0. The highest BCUT2D eigenvalue weighted by Crippen LogP contribution is 2.34. The summed E-state index contributed by atoms with van der Waals surface area (Å²) in [5.41, 5.74) is 0.538. The van der Waals surface area contributed by atoms with E-state index < -0.39 is 17.9 Å². The first-order valence-corrected chi connectivity index (χ1v) is 6.65. The van der Waals surface area contributed by atoms with E-state index >= 15 is 0 Å². The van der Waals surface area contributed by atoms with Crippen molar-refractivity contribution in [2.24, 2.45) is 5.92 Å². The van der Waals surface area contributed by atoms with E-state index in [-0.39, 0.29) is 18.3 Å². The normalized spacial score (nSPS) is 20.7. The van der Waals surface area contributed by atoms with Crippen molar-refractivity contribution in [1.82, 2.24) is 0 Å². The van der Waals surface area contributed by atoms with Crippen molar-refractivity contribution in [3.05, 3.63) is 24.3 Å². The number of methoxy groups -OCH3 is 1. The molecule has 0 bridgehead atoms. The van der Waals surface area contributed by atoms with E-state index in [4.69, 9.17) is 9.47 Å². The molecule has 6 nitrogen and oxygen atoms in total. The smallest absolute Gasteiger partial charge is 0.330 e. The van der Waals surface area contributed by atoms with Crippen molar-refractivity contribution in [2.45, 2.75) is 19.9 Å². The molecule has 6 heteroatoms. The summed E-state index contributed by atoms with van der Waals surface area (Å²) in [6, 6.07) is 5.82. The molecule has 1 aromatic carbocycles. The lowest BCUT2D eigenvalue weighted by molar-refractivity contribution is -0.156. The summed E-state index contributed by atoms with van der Waals surface area (Å²) in [5, 5.41) is 0. The Labute approximate surface area is 122 Å². The van der Waals surface area contributed by atoms with Crippen LogP contribution in [0, 0.1) is 5.92 Å². The third kappa shape index (κ3) is 2.61. The molecule has 1 saturated heterocycles. The van der Waals surface area contributed by atoms with E-state index in [1.807, 2.05) is 0 Å². The summed E-state index contributed by atoms with van der Waals surface area (Å²) < 4.78 is 10.0. The maximum atomic E-state index is 12.1. The maximum absolute atomic E-state index is 12.1. The predicted octanol–water partition coefficient (Wildman–Crippen LogP) is 1.18. The third-order valence-electron chi connectivity index (χ3n) is 3.41. The zero-order chi connectivity index (χ0) is 15.6. The molecule has 1 aromatic rings. The summed E-state index contributed by atoms with van der Waals surface area (Å²) in [7, 11) is 1.54. The summed E-state index contributed by atoms with van der Waals surface area (Å²) in [6.45, 7) is 3.18. The van der Waals surface area contributed by atoms with Crippen LogP contribution in [-0.2, 0) is 19.1 Å². The van der Waals surface area contributed by atoms with Gasteiger partial charge in [-0.2, -0.15) is 0 Å². The second-order valence-corrected chi connectivity index (χ2v) is 4.69. The molecule has 1 fully saturated rings. The number of β-lactam (4-membered cyclic amide) rings is 1. The van der Waals surface area contributed by atoms with Gasteiger partial charge in [0.05, 0.1) is 13.7 Å². The molecule has 21 heavy (non-hydrogen) atoms. The van der Waals surface area contributed by atoms with Gasteiger partial charge in [0.2, 0.25) is 5.91 Å². The number of carbonyl (C=O) groups is 3. The van der Waals surface area contributed by atoms with E-state index in [0.717, 1.165) is 0 Å². The van der Waals surface area contributed by atoms with Crippen LogP contribution in [0.15, 0.2) is 24.3 Å². The Morgan fingerprint density at radius 3 is 2.33 bits per heavy atom. The quantitative estimate of drug-likeness (QED) is 0.463. The Kier molecular flexibility index (Phi) is 4.26. The molecule has 112 valence electrons. The van der Waals surface area contributed by atoms with Gasteiger partial charge in [-0.1, -0.05) is 0 Å². The molecule has 1 heterocycles. The van der Waals surface area contributed by atoms with E-state index in [1.165, 1.54) is 18.9 Å². The highest BCUT2D eigenvalue weighted by molar-refractivity contribution is 6.20. The molecule has 0 aromatic heterocycles. The third-order valence-corrected chi connectivity index (χ3v) is 3.41. The summed E-state index contributed by atoms with van der Waals surface area (Å²) in [5.74, 6) is -1.59. The van der Waals surface area contributed by atoms with Crippen LogP contribution in [0.25, 0.3) is 0 Å². The van der Waals surface area contributed by atoms with E-state index in [1.54, 1.807) is 31.2 Å². The first-order valence-electron chi connectivity index (χ1n) is 6.65. The van der Waals surface area contributed by atoms with E-state index in [0.29, 0.717) is 11.4 Å². The topological polar surface area (TPSA) is 72.9 Å². The highest BCUT2D eigenvalue weighted by atomic mass is 16.5. The molecule has 0 spiro atoms. The molecular weight excluding hydrogens is 274 g/mol. The Balaban J connectivity index is 2.29. The van der Waals surface area contributed by atoms with Gasteiger partial charge in [-0.25, -0.2) is 4.79 Å². The molecule has 2 unspecified atom stereocenters. The molecule has 1 aliphatic heterocycles. The van der Waals surface area contributed by atoms with Crippen molar-refractivity contribution in [2.75, 3.05) is 18.6 Å². The second kappa shape index (κ2) is 5.95. The Morgan fingerprint density at radius 1 is 1.24 bits per heavy atom. The molecule has 0 aliphatic carbocycles. The van der Waals surface area contributed by atoms with Crippen molar-refractivity contribution in [3.8, 4) is 5.75 Å². The van der Waals surface area contributed by atoms with Crippen molar-refractivity contribution in [3.63, 3.8) is 0 Å². The first kappa shape index (κ1) is 15.0. The Hall–Kier alpha value is -2.37. The molecule has 0 saturated carbocycles. The highest BCUT2D eigenvalue weighted by Gasteiger charge is 2.55. The van der Waals surface area contributed by atoms with Crippen LogP contribution >= 0.6 is 0 Å². The molecular formula is C15H17NO5. The number of amides is 1. The molecule has 1 amide bonds. The zero-order valence-electron chi connectivity index (χ0n) is 12.2. The van der Waals surface area contributed by atoms with E-state index in [9.17, 15) is 14.4 Å². The second-order valence-electron chi connectivity index (χ2n) is 4.69. The molecule has 0 radical (unpaired) electrons. The largest absolute Gasteiger partial charge is 0.497 e. The summed E-state index contributed by atoms with van der Waals surface area (Å²) >= 11 is 0. The fourth-order valence-corrected chi connectivity index (χ4v) is 2.38. The van der Waals surface area contributed by atoms with Crippen LogP contribution in [0.2, 0.25) is 0 Å². The number of ether oxygens (including phenoxy) is 2. The lowest BCUT2D eigenvalue weighted by atomic mass is 9.83. The van der Waals surface area contributed by atoms with Crippen LogP contribution < -0.4 is 9.64 Å². The number of carbonyl (C=O) groups excluding carboxylic acids is 3. The maximum Gasteiger partial charge on any atom is 0.330 e. The molecule has 2 atom stereocenters. The predicted molar refractivity (Wildman–Crippen MR) is 75.1 cm³/mol. The average Bonchev–Trinajstić information content (AvgIpc) is 2.45. The standard InChI is InChI=1S/C15H17NO5/c1-4-21-15(19)13-12(9(2)17)14(18)16(13)10-5-7-11(20-3)8-6-10/h5-8,12-13H,4H2,1-3H3. The van der Waals surface area contributed by atoms with Gasteiger partial charge in [-0.05, 0) is 38.1 Å². The van der Waals surface area contributed by atoms with Gasteiger partial charge in [-0.3, -0.25) is 14.5 Å². The van der Waals surface area contributed by atoms with Crippen LogP contribution in [0.1, 0.15) is 13.8 Å². The molecule has 0 N–H and O–H groups in total. The average molecular weight is 291 g/mol. The SMILES string of the molecule is CCOC(=O)C1C(C(C)=O)C(=O)N1c1ccc(OC)cc1. The molecule has 1 aliphatic rings. The van der Waals surface area contributed by atoms with E-state index in [2.05, 4.69) is 0 Å². The van der Waals surface area contributed by atoms with Crippen LogP contribution in [0.3, 0.4) is 0 Å². The monoisotopic (exact) mass is 291 g/mol. The van der Waals surface area contributed by atoms with Crippen molar-refractivity contribution >= 4 is 23.3 Å². The number of rotatable bonds is 5. The minimum absolute atomic E-state index is 0.199. The minimum Gasteiger partial charge on any atom is -0.497 e. The lowest BCUT2D eigenvalue weighted by Crippen LogP contribution is -2.67. The lowest BCUT2D eigenvalue weighted by Gasteiger charge is -2.44. The van der Waals surface area contributed by atoms with Gasteiger partial charge in [0.15, 0.2) is 6.04 Å². The van der Waals surface area contributed by atoms with Gasteiger partial charge in [0, 0.05) is 5.69 Å². The number of benzene rings is 1. The minimum atomic E-state index is -0.953. The van der Waals surface area contributed by atoms with Crippen molar-refractivity contribution in [1.29, 1.82) is 0 Å². The number of anilines is 1. The van der Waals surface area contributed by atoms with Crippen LogP contribution in [0.4, 0.5) is 5.69 Å². The Morgan fingerprint density at radius 2 is 1.86 bits per heavy atom. The van der Waals surface area contributed by atoms with Gasteiger partial charge >= 0.3 is 5.97 Å². The van der Waals surface area contributed by atoms with Gasteiger partial charge in [0.25, 0.3) is 0 Å². The number of hydrogen-bond donors (Lipinski definition) is 0. The van der Waals surface area contributed by atoms with Crippen molar-refractivity contribution < 1.29 is 23.9 Å².